The maximum atomic E-state index is 13.2. The van der Waals surface area contributed by atoms with E-state index in [2.05, 4.69) is 29.6 Å². The summed E-state index contributed by atoms with van der Waals surface area (Å²) in [5, 5.41) is 11.8. The van der Waals surface area contributed by atoms with Gasteiger partial charge in [-0.05, 0) is 54.9 Å². The first-order valence-corrected chi connectivity index (χ1v) is 12.6. The van der Waals surface area contributed by atoms with E-state index in [1.54, 1.807) is 4.90 Å². The SMILES string of the molecule is CCN(CCCCC(=O)O)C(=O)C1CCCC1NC(=O)OCC1c2ccccc2-c2ccccc21. The third-order valence-corrected chi connectivity index (χ3v) is 7.24. The molecular formula is C28H34N2O5. The second-order valence-electron chi connectivity index (χ2n) is 9.38. The highest BCUT2D eigenvalue weighted by molar-refractivity contribution is 5.81. The zero-order valence-electron chi connectivity index (χ0n) is 20.2. The van der Waals surface area contributed by atoms with Crippen LogP contribution in [-0.2, 0) is 14.3 Å². The van der Waals surface area contributed by atoms with Gasteiger partial charge in [0.2, 0.25) is 5.91 Å². The van der Waals surface area contributed by atoms with Crippen molar-refractivity contribution in [2.24, 2.45) is 5.92 Å². The maximum Gasteiger partial charge on any atom is 0.407 e. The zero-order valence-corrected chi connectivity index (χ0v) is 20.2. The van der Waals surface area contributed by atoms with Crippen molar-refractivity contribution in [3.05, 3.63) is 59.7 Å². The Morgan fingerprint density at radius 3 is 2.29 bits per heavy atom. The van der Waals surface area contributed by atoms with Crippen LogP contribution in [0.5, 0.6) is 0 Å². The minimum atomic E-state index is -0.817. The van der Waals surface area contributed by atoms with Gasteiger partial charge >= 0.3 is 12.1 Å². The Labute approximate surface area is 206 Å². The number of carbonyl (C=O) groups is 3. The first-order chi connectivity index (χ1) is 17.0. The monoisotopic (exact) mass is 478 g/mol. The molecule has 2 N–H and O–H groups in total. The van der Waals surface area contributed by atoms with E-state index in [1.807, 2.05) is 31.2 Å². The molecule has 0 heterocycles. The number of rotatable bonds is 10. The first kappa shape index (κ1) is 24.8. The predicted molar refractivity (Wildman–Crippen MR) is 133 cm³/mol. The van der Waals surface area contributed by atoms with Crippen LogP contribution in [0.15, 0.2) is 48.5 Å². The van der Waals surface area contributed by atoms with Crippen molar-refractivity contribution in [2.75, 3.05) is 19.7 Å². The number of unbranched alkanes of at least 4 members (excludes halogenated alkanes) is 1. The second-order valence-corrected chi connectivity index (χ2v) is 9.38. The van der Waals surface area contributed by atoms with E-state index < -0.39 is 12.1 Å². The van der Waals surface area contributed by atoms with Crippen molar-refractivity contribution < 1.29 is 24.2 Å². The van der Waals surface area contributed by atoms with Gasteiger partial charge in [-0.1, -0.05) is 55.0 Å². The van der Waals surface area contributed by atoms with E-state index in [9.17, 15) is 14.4 Å². The topological polar surface area (TPSA) is 95.9 Å². The molecule has 0 spiro atoms. The molecule has 0 saturated heterocycles. The van der Waals surface area contributed by atoms with E-state index in [0.717, 1.165) is 30.4 Å². The number of carboxylic acids is 1. The summed E-state index contributed by atoms with van der Waals surface area (Å²) >= 11 is 0. The van der Waals surface area contributed by atoms with Crippen molar-refractivity contribution >= 4 is 18.0 Å². The zero-order chi connectivity index (χ0) is 24.8. The minimum Gasteiger partial charge on any atom is -0.481 e. The summed E-state index contributed by atoms with van der Waals surface area (Å²) < 4.78 is 5.69. The van der Waals surface area contributed by atoms with Crippen LogP contribution < -0.4 is 5.32 Å². The molecule has 2 atom stereocenters. The Bertz CT molecular complexity index is 1020. The molecule has 1 fully saturated rings. The Morgan fingerprint density at radius 2 is 1.66 bits per heavy atom. The van der Waals surface area contributed by atoms with Crippen molar-refractivity contribution in [1.29, 1.82) is 0 Å². The largest absolute Gasteiger partial charge is 0.481 e. The van der Waals surface area contributed by atoms with Crippen LogP contribution in [0.2, 0.25) is 0 Å². The lowest BCUT2D eigenvalue weighted by atomic mass is 9.98. The molecule has 2 aromatic rings. The van der Waals surface area contributed by atoms with Crippen LogP contribution in [-0.4, -0.2) is 53.7 Å². The van der Waals surface area contributed by atoms with E-state index in [-0.39, 0.29) is 36.8 Å². The van der Waals surface area contributed by atoms with Gasteiger partial charge in [0.25, 0.3) is 0 Å². The third kappa shape index (κ3) is 5.66. The van der Waals surface area contributed by atoms with Crippen LogP contribution in [0.3, 0.4) is 0 Å². The fraction of sp³-hybridized carbons (Fsp3) is 0.464. The van der Waals surface area contributed by atoms with E-state index in [0.29, 0.717) is 25.9 Å². The summed E-state index contributed by atoms with van der Waals surface area (Å²) in [5.74, 6) is -1.06. The van der Waals surface area contributed by atoms with Crippen LogP contribution in [0.1, 0.15) is 62.5 Å². The molecule has 1 saturated carbocycles. The fourth-order valence-corrected chi connectivity index (χ4v) is 5.46. The number of fused-ring (bicyclic) bond motifs is 3. The summed E-state index contributed by atoms with van der Waals surface area (Å²) in [7, 11) is 0. The lowest BCUT2D eigenvalue weighted by Gasteiger charge is -2.28. The highest BCUT2D eigenvalue weighted by Gasteiger charge is 2.37. The molecule has 2 unspecified atom stereocenters. The predicted octanol–water partition coefficient (Wildman–Crippen LogP) is 4.80. The van der Waals surface area contributed by atoms with Gasteiger partial charge in [0.15, 0.2) is 0 Å². The number of hydrogen-bond donors (Lipinski definition) is 2. The number of nitrogens with zero attached hydrogens (tertiary/aromatic N) is 1. The Kier molecular flexibility index (Phi) is 8.06. The van der Waals surface area contributed by atoms with Crippen molar-refractivity contribution in [1.82, 2.24) is 10.2 Å². The molecular weight excluding hydrogens is 444 g/mol. The molecule has 35 heavy (non-hydrogen) atoms. The number of benzene rings is 2. The van der Waals surface area contributed by atoms with Gasteiger partial charge in [-0.25, -0.2) is 4.79 Å². The van der Waals surface area contributed by atoms with Crippen LogP contribution in [0, 0.1) is 5.92 Å². The fourth-order valence-electron chi connectivity index (χ4n) is 5.46. The van der Waals surface area contributed by atoms with Crippen molar-refractivity contribution in [3.8, 4) is 11.1 Å². The van der Waals surface area contributed by atoms with Crippen LogP contribution >= 0.6 is 0 Å². The van der Waals surface area contributed by atoms with Crippen molar-refractivity contribution in [2.45, 2.75) is 57.4 Å². The van der Waals surface area contributed by atoms with Crippen LogP contribution in [0.25, 0.3) is 11.1 Å². The van der Waals surface area contributed by atoms with Gasteiger partial charge in [0.05, 0.1) is 5.92 Å². The van der Waals surface area contributed by atoms with Gasteiger partial charge in [-0.3, -0.25) is 9.59 Å². The number of aliphatic carboxylic acids is 1. The number of amides is 2. The van der Waals surface area contributed by atoms with Gasteiger partial charge in [-0.2, -0.15) is 0 Å². The maximum absolute atomic E-state index is 13.2. The van der Waals surface area contributed by atoms with Gasteiger partial charge in [0.1, 0.15) is 6.61 Å². The highest BCUT2D eigenvalue weighted by atomic mass is 16.5. The summed E-state index contributed by atoms with van der Waals surface area (Å²) in [6, 6.07) is 16.2. The molecule has 2 amide bonds. The highest BCUT2D eigenvalue weighted by Crippen LogP contribution is 2.44. The minimum absolute atomic E-state index is 0.00413. The Hall–Kier alpha value is -3.35. The molecule has 2 aromatic carbocycles. The Balaban J connectivity index is 1.32. The first-order valence-electron chi connectivity index (χ1n) is 12.6. The lowest BCUT2D eigenvalue weighted by molar-refractivity contribution is -0.137. The molecule has 0 aromatic heterocycles. The molecule has 186 valence electrons. The number of nitrogens with one attached hydrogen (secondary N) is 1. The molecule has 0 radical (unpaired) electrons. The van der Waals surface area contributed by atoms with E-state index >= 15 is 0 Å². The average Bonchev–Trinajstić information content (AvgIpc) is 3.44. The summed E-state index contributed by atoms with van der Waals surface area (Å²) in [4.78, 5) is 38.4. The molecule has 7 heteroatoms. The number of carbonyl (C=O) groups excluding carboxylic acids is 2. The van der Waals surface area contributed by atoms with Crippen LogP contribution in [0.4, 0.5) is 4.79 Å². The quantitative estimate of drug-likeness (QED) is 0.479. The van der Waals surface area contributed by atoms with Crippen molar-refractivity contribution in [3.63, 3.8) is 0 Å². The number of ether oxygens (including phenoxy) is 1. The van der Waals surface area contributed by atoms with E-state index in [4.69, 9.17) is 9.84 Å². The second kappa shape index (κ2) is 11.4. The molecule has 4 rings (SSSR count). The van der Waals surface area contributed by atoms with E-state index in [1.165, 1.54) is 11.1 Å². The summed E-state index contributed by atoms with van der Waals surface area (Å²) in [6.45, 7) is 3.28. The van der Waals surface area contributed by atoms with Gasteiger partial charge in [-0.15, -0.1) is 0 Å². The average molecular weight is 479 g/mol. The molecule has 2 aliphatic carbocycles. The number of carboxylic acid groups (broad SMARTS) is 1. The van der Waals surface area contributed by atoms with Gasteiger partial charge in [0, 0.05) is 31.5 Å². The third-order valence-electron chi connectivity index (χ3n) is 7.24. The molecule has 0 aliphatic heterocycles. The lowest BCUT2D eigenvalue weighted by Crippen LogP contribution is -2.46. The summed E-state index contributed by atoms with van der Waals surface area (Å²) in [5.41, 5.74) is 4.69. The molecule has 7 nitrogen and oxygen atoms in total. The normalized spacial score (nSPS) is 18.5. The molecule has 0 bridgehead atoms. The standard InChI is InChI=1S/C28H34N2O5/c1-2-30(17-8-7-16-26(31)32)27(33)23-14-9-15-25(23)29-28(34)35-18-24-21-12-5-3-10-19(21)20-11-4-6-13-22(20)24/h3-6,10-13,23-25H,2,7-9,14-18H2,1H3,(H,29,34)(H,31,32). The number of hydrogen-bond acceptors (Lipinski definition) is 4. The summed E-state index contributed by atoms with van der Waals surface area (Å²) in [6.07, 6.45) is 3.19. The number of alkyl carbamates (subject to hydrolysis) is 1. The van der Waals surface area contributed by atoms with Gasteiger partial charge < -0.3 is 20.1 Å². The Morgan fingerprint density at radius 1 is 1.00 bits per heavy atom. The smallest absolute Gasteiger partial charge is 0.407 e. The molecule has 2 aliphatic rings.